The lowest BCUT2D eigenvalue weighted by atomic mass is 10.1. The Morgan fingerprint density at radius 2 is 2.45 bits per heavy atom. The van der Waals surface area contributed by atoms with Gasteiger partial charge in [0.2, 0.25) is 0 Å². The average Bonchev–Trinajstić information content (AvgIpc) is 2.03. The van der Waals surface area contributed by atoms with Crippen LogP contribution in [-0.2, 0) is 9.53 Å². The van der Waals surface area contributed by atoms with Gasteiger partial charge in [-0.3, -0.25) is 4.79 Å². The van der Waals surface area contributed by atoms with Crippen molar-refractivity contribution in [3.8, 4) is 0 Å². The molecule has 64 valence electrons. The normalized spacial score (nSPS) is 24.6. The van der Waals surface area contributed by atoms with Crippen LogP contribution in [0.25, 0.3) is 0 Å². The molecular weight excluding hydrogens is 142 g/mol. The maximum Gasteiger partial charge on any atom is 0.302 e. The summed E-state index contributed by atoms with van der Waals surface area (Å²) in [5.41, 5.74) is 0. The van der Waals surface area contributed by atoms with Crippen LogP contribution in [0.4, 0.5) is 0 Å². The monoisotopic (exact) mass is 157 g/mol. The Bertz CT molecular complexity index is 130. The summed E-state index contributed by atoms with van der Waals surface area (Å²) in [5, 5.41) is 3.30. The zero-order valence-electron chi connectivity index (χ0n) is 6.93. The van der Waals surface area contributed by atoms with Crippen LogP contribution in [0, 0.1) is 0 Å². The molecule has 0 bridgehead atoms. The first-order valence-corrected chi connectivity index (χ1v) is 4.16. The summed E-state index contributed by atoms with van der Waals surface area (Å²) < 4.78 is 4.88. The van der Waals surface area contributed by atoms with Gasteiger partial charge in [-0.05, 0) is 19.4 Å². The molecule has 0 spiro atoms. The predicted molar refractivity (Wildman–Crippen MR) is 42.3 cm³/mol. The fourth-order valence-corrected chi connectivity index (χ4v) is 1.28. The Morgan fingerprint density at radius 3 is 3.00 bits per heavy atom. The maximum atomic E-state index is 10.4. The van der Waals surface area contributed by atoms with Gasteiger partial charge in [0.1, 0.15) is 6.61 Å². The van der Waals surface area contributed by atoms with Crippen molar-refractivity contribution >= 4 is 5.97 Å². The van der Waals surface area contributed by atoms with E-state index < -0.39 is 0 Å². The van der Waals surface area contributed by atoms with E-state index in [0.717, 1.165) is 13.0 Å². The SMILES string of the molecule is CC(=O)OC[C@H]1CCCCN1. The molecular formula is C8H15NO2. The molecule has 0 unspecified atom stereocenters. The van der Waals surface area contributed by atoms with Crippen molar-refractivity contribution in [2.24, 2.45) is 0 Å². The smallest absolute Gasteiger partial charge is 0.302 e. The molecule has 1 heterocycles. The van der Waals surface area contributed by atoms with Crippen molar-refractivity contribution in [3.05, 3.63) is 0 Å². The Hall–Kier alpha value is -0.570. The summed E-state index contributed by atoms with van der Waals surface area (Å²) in [6, 6.07) is 0.396. The van der Waals surface area contributed by atoms with Crippen LogP contribution in [0.3, 0.4) is 0 Å². The molecule has 1 rings (SSSR count). The number of nitrogens with one attached hydrogen (secondary N) is 1. The summed E-state index contributed by atoms with van der Waals surface area (Å²) in [6.45, 7) is 3.05. The highest BCUT2D eigenvalue weighted by Crippen LogP contribution is 2.06. The fourth-order valence-electron chi connectivity index (χ4n) is 1.28. The van der Waals surface area contributed by atoms with E-state index in [1.807, 2.05) is 0 Å². The number of hydrogen-bond acceptors (Lipinski definition) is 3. The molecule has 3 heteroatoms. The van der Waals surface area contributed by atoms with Crippen molar-refractivity contribution in [2.75, 3.05) is 13.2 Å². The standard InChI is InChI=1S/C8H15NO2/c1-7(10)11-6-8-4-2-3-5-9-8/h8-9H,2-6H2,1H3/t8-/m1/s1. The summed E-state index contributed by atoms with van der Waals surface area (Å²) in [6.07, 6.45) is 3.63. The Labute approximate surface area is 67.1 Å². The lowest BCUT2D eigenvalue weighted by Crippen LogP contribution is -2.37. The highest BCUT2D eigenvalue weighted by Gasteiger charge is 2.12. The second-order valence-electron chi connectivity index (χ2n) is 2.95. The second kappa shape index (κ2) is 4.34. The highest BCUT2D eigenvalue weighted by molar-refractivity contribution is 5.65. The van der Waals surface area contributed by atoms with Crippen LogP contribution in [0.15, 0.2) is 0 Å². The molecule has 1 aliphatic heterocycles. The summed E-state index contributed by atoms with van der Waals surface area (Å²) in [5.74, 6) is -0.183. The van der Waals surface area contributed by atoms with Gasteiger partial charge < -0.3 is 10.1 Å². The number of carbonyl (C=O) groups is 1. The minimum atomic E-state index is -0.183. The highest BCUT2D eigenvalue weighted by atomic mass is 16.5. The van der Waals surface area contributed by atoms with E-state index >= 15 is 0 Å². The third kappa shape index (κ3) is 3.37. The molecule has 1 fully saturated rings. The van der Waals surface area contributed by atoms with Crippen molar-refractivity contribution in [1.82, 2.24) is 5.32 Å². The number of piperidine rings is 1. The minimum absolute atomic E-state index is 0.183. The van der Waals surface area contributed by atoms with E-state index in [2.05, 4.69) is 5.32 Å². The van der Waals surface area contributed by atoms with Crippen LogP contribution >= 0.6 is 0 Å². The Balaban J connectivity index is 2.09. The van der Waals surface area contributed by atoms with Crippen LogP contribution in [0.1, 0.15) is 26.2 Å². The van der Waals surface area contributed by atoms with Crippen LogP contribution < -0.4 is 5.32 Å². The van der Waals surface area contributed by atoms with Crippen molar-refractivity contribution in [3.63, 3.8) is 0 Å². The molecule has 0 aromatic heterocycles. The molecule has 0 amide bonds. The molecule has 1 atom stereocenters. The molecule has 0 aromatic rings. The van der Waals surface area contributed by atoms with Gasteiger partial charge in [0, 0.05) is 13.0 Å². The quantitative estimate of drug-likeness (QED) is 0.599. The van der Waals surface area contributed by atoms with Gasteiger partial charge >= 0.3 is 5.97 Å². The van der Waals surface area contributed by atoms with Crippen LogP contribution in [0.2, 0.25) is 0 Å². The largest absolute Gasteiger partial charge is 0.464 e. The molecule has 1 aliphatic rings. The van der Waals surface area contributed by atoms with Gasteiger partial charge in [-0.15, -0.1) is 0 Å². The molecule has 1 N–H and O–H groups in total. The predicted octanol–water partition coefficient (Wildman–Crippen LogP) is 0.692. The first-order chi connectivity index (χ1) is 5.29. The summed E-state index contributed by atoms with van der Waals surface area (Å²) >= 11 is 0. The molecule has 0 aromatic carbocycles. The third-order valence-corrected chi connectivity index (χ3v) is 1.90. The molecule has 3 nitrogen and oxygen atoms in total. The molecule has 0 radical (unpaired) electrons. The van der Waals surface area contributed by atoms with E-state index in [0.29, 0.717) is 12.6 Å². The van der Waals surface area contributed by atoms with Gasteiger partial charge in [0.05, 0.1) is 0 Å². The van der Waals surface area contributed by atoms with Gasteiger partial charge in [-0.1, -0.05) is 6.42 Å². The fraction of sp³-hybridized carbons (Fsp3) is 0.875. The third-order valence-electron chi connectivity index (χ3n) is 1.90. The summed E-state index contributed by atoms with van der Waals surface area (Å²) in [7, 11) is 0. The van der Waals surface area contributed by atoms with Crippen LogP contribution in [-0.4, -0.2) is 25.2 Å². The van der Waals surface area contributed by atoms with Crippen molar-refractivity contribution < 1.29 is 9.53 Å². The van der Waals surface area contributed by atoms with Gasteiger partial charge in [-0.25, -0.2) is 0 Å². The van der Waals surface area contributed by atoms with E-state index in [4.69, 9.17) is 4.74 Å². The van der Waals surface area contributed by atoms with Gasteiger partial charge in [0.15, 0.2) is 0 Å². The first-order valence-electron chi connectivity index (χ1n) is 4.16. The number of carbonyl (C=O) groups excluding carboxylic acids is 1. The zero-order chi connectivity index (χ0) is 8.10. The number of ether oxygens (including phenoxy) is 1. The molecule has 1 saturated heterocycles. The lowest BCUT2D eigenvalue weighted by molar-refractivity contribution is -0.141. The van der Waals surface area contributed by atoms with Crippen molar-refractivity contribution in [2.45, 2.75) is 32.2 Å². The van der Waals surface area contributed by atoms with E-state index in [-0.39, 0.29) is 5.97 Å². The molecule has 11 heavy (non-hydrogen) atoms. The number of hydrogen-bond donors (Lipinski definition) is 1. The van der Waals surface area contributed by atoms with E-state index in [1.165, 1.54) is 19.8 Å². The molecule has 0 saturated carbocycles. The van der Waals surface area contributed by atoms with E-state index in [1.54, 1.807) is 0 Å². The van der Waals surface area contributed by atoms with Gasteiger partial charge in [-0.2, -0.15) is 0 Å². The minimum Gasteiger partial charge on any atom is -0.464 e. The van der Waals surface area contributed by atoms with E-state index in [9.17, 15) is 4.79 Å². The second-order valence-corrected chi connectivity index (χ2v) is 2.95. The van der Waals surface area contributed by atoms with Crippen LogP contribution in [0.5, 0.6) is 0 Å². The average molecular weight is 157 g/mol. The Kier molecular flexibility index (Phi) is 3.36. The maximum absolute atomic E-state index is 10.4. The number of esters is 1. The Morgan fingerprint density at radius 1 is 1.64 bits per heavy atom. The number of rotatable bonds is 2. The molecule has 0 aliphatic carbocycles. The first kappa shape index (κ1) is 8.53. The zero-order valence-corrected chi connectivity index (χ0v) is 6.93. The van der Waals surface area contributed by atoms with Crippen molar-refractivity contribution in [1.29, 1.82) is 0 Å². The lowest BCUT2D eigenvalue weighted by Gasteiger charge is -2.22. The summed E-state index contributed by atoms with van der Waals surface area (Å²) in [4.78, 5) is 10.4. The topological polar surface area (TPSA) is 38.3 Å². The van der Waals surface area contributed by atoms with Gasteiger partial charge in [0.25, 0.3) is 0 Å².